The van der Waals surface area contributed by atoms with E-state index in [0.717, 1.165) is 15.4 Å². The van der Waals surface area contributed by atoms with Crippen LogP contribution in [0.5, 0.6) is 0 Å². The van der Waals surface area contributed by atoms with Gasteiger partial charge in [0.15, 0.2) is 6.61 Å². The number of nitrogens with one attached hydrogen (secondary N) is 1. The molecule has 0 saturated heterocycles. The molecule has 1 amide bonds. The largest absolute Gasteiger partial charge is 0.452 e. The highest BCUT2D eigenvalue weighted by Crippen LogP contribution is 2.20. The fourth-order valence-electron chi connectivity index (χ4n) is 2.26. The van der Waals surface area contributed by atoms with Crippen LogP contribution in [0, 0.1) is 0 Å². The summed E-state index contributed by atoms with van der Waals surface area (Å²) in [4.78, 5) is 28.1. The van der Waals surface area contributed by atoms with Crippen molar-refractivity contribution in [2.24, 2.45) is 0 Å². The van der Waals surface area contributed by atoms with Crippen molar-refractivity contribution in [3.8, 4) is 0 Å². The van der Waals surface area contributed by atoms with Crippen LogP contribution in [0.4, 0.5) is 5.69 Å². The quantitative estimate of drug-likeness (QED) is 0.505. The number of benzene rings is 2. The van der Waals surface area contributed by atoms with E-state index in [9.17, 15) is 9.59 Å². The number of halogens is 1. The van der Waals surface area contributed by atoms with E-state index in [1.807, 2.05) is 42.5 Å². The van der Waals surface area contributed by atoms with Crippen LogP contribution < -0.4 is 5.32 Å². The molecule has 130 valence electrons. The Balaban J connectivity index is 1.53. The normalized spacial score (nSPS) is 10.8. The molecule has 1 N–H and O–H groups in total. The van der Waals surface area contributed by atoms with Gasteiger partial charge in [0, 0.05) is 15.9 Å². The van der Waals surface area contributed by atoms with Gasteiger partial charge in [0.2, 0.25) is 0 Å². The molecule has 0 saturated carbocycles. The predicted octanol–water partition coefficient (Wildman–Crippen LogP) is 4.19. The lowest BCUT2D eigenvalue weighted by molar-refractivity contribution is -0.142. The number of rotatable bonds is 5. The third kappa shape index (κ3) is 4.77. The molecule has 6 heteroatoms. The Kier molecular flexibility index (Phi) is 5.76. The zero-order valence-corrected chi connectivity index (χ0v) is 15.3. The lowest BCUT2D eigenvalue weighted by Crippen LogP contribution is -2.20. The highest BCUT2D eigenvalue weighted by Gasteiger charge is 2.07. The van der Waals surface area contributed by atoms with Crippen LogP contribution in [0.25, 0.3) is 17.0 Å². The second kappa shape index (κ2) is 8.40. The number of hydrogen-bond acceptors (Lipinski definition) is 4. The Labute approximate surface area is 158 Å². The van der Waals surface area contributed by atoms with Gasteiger partial charge in [0.25, 0.3) is 5.91 Å². The minimum Gasteiger partial charge on any atom is -0.452 e. The topological polar surface area (TPSA) is 68.3 Å². The number of anilines is 1. The molecule has 0 aliphatic rings. The molecule has 2 aromatic carbocycles. The van der Waals surface area contributed by atoms with E-state index in [1.165, 1.54) is 6.08 Å². The second-order valence-electron chi connectivity index (χ2n) is 5.40. The van der Waals surface area contributed by atoms with E-state index in [4.69, 9.17) is 4.74 Å². The molecule has 0 fully saturated rings. The molecule has 3 rings (SSSR count). The van der Waals surface area contributed by atoms with Crippen molar-refractivity contribution in [3.63, 3.8) is 0 Å². The van der Waals surface area contributed by atoms with Crippen LogP contribution in [-0.2, 0) is 14.3 Å². The fraction of sp³-hybridized carbons (Fsp3) is 0.0500. The first-order chi connectivity index (χ1) is 12.6. The molecule has 1 heterocycles. The predicted molar refractivity (Wildman–Crippen MR) is 105 cm³/mol. The molecular formula is C20H15BrN2O3. The summed E-state index contributed by atoms with van der Waals surface area (Å²) in [6.45, 7) is -0.365. The minimum atomic E-state index is -0.609. The number of ether oxygens (including phenoxy) is 1. The Morgan fingerprint density at radius 1 is 1.04 bits per heavy atom. The van der Waals surface area contributed by atoms with Crippen molar-refractivity contribution in [3.05, 3.63) is 76.9 Å². The van der Waals surface area contributed by atoms with Gasteiger partial charge in [-0.25, -0.2) is 9.78 Å². The molecule has 0 atom stereocenters. The standard InChI is InChI=1S/C20H15BrN2O3/c21-16-6-2-4-8-18(16)23-19(24)13-26-20(25)12-11-15-10-9-14-5-1-3-7-17(14)22-15/h1-12H,13H2,(H,23,24)/b12-11+. The van der Waals surface area contributed by atoms with Gasteiger partial charge >= 0.3 is 5.97 Å². The first-order valence-electron chi connectivity index (χ1n) is 7.87. The van der Waals surface area contributed by atoms with Gasteiger partial charge in [-0.2, -0.15) is 0 Å². The summed E-state index contributed by atoms with van der Waals surface area (Å²) >= 11 is 3.33. The van der Waals surface area contributed by atoms with Crippen molar-refractivity contribution in [2.45, 2.75) is 0 Å². The summed E-state index contributed by atoms with van der Waals surface area (Å²) in [5.74, 6) is -1.02. The number of aromatic nitrogens is 1. The zero-order chi connectivity index (χ0) is 18.4. The molecule has 3 aromatic rings. The van der Waals surface area contributed by atoms with E-state index in [-0.39, 0.29) is 6.61 Å². The number of carbonyl (C=O) groups excluding carboxylic acids is 2. The SMILES string of the molecule is O=C(COC(=O)/C=C/c1ccc2ccccc2n1)Nc1ccccc1Br. The molecule has 0 aliphatic carbocycles. The Morgan fingerprint density at radius 2 is 1.81 bits per heavy atom. The summed E-state index contributed by atoms with van der Waals surface area (Å²) in [6.07, 6.45) is 2.81. The lowest BCUT2D eigenvalue weighted by atomic mass is 10.2. The Bertz CT molecular complexity index is 985. The van der Waals surface area contributed by atoms with E-state index < -0.39 is 11.9 Å². The number of carbonyl (C=O) groups is 2. The van der Waals surface area contributed by atoms with Gasteiger partial charge in [0.05, 0.1) is 16.9 Å². The number of pyridine rings is 1. The molecule has 1 aromatic heterocycles. The number of para-hydroxylation sites is 2. The summed E-state index contributed by atoms with van der Waals surface area (Å²) < 4.78 is 5.70. The van der Waals surface area contributed by atoms with Gasteiger partial charge < -0.3 is 10.1 Å². The first kappa shape index (κ1) is 17.8. The van der Waals surface area contributed by atoms with Crippen LogP contribution in [0.3, 0.4) is 0 Å². The number of hydrogen-bond donors (Lipinski definition) is 1. The van der Waals surface area contributed by atoms with Crippen LogP contribution in [0.15, 0.2) is 71.2 Å². The molecule has 0 bridgehead atoms. The molecular weight excluding hydrogens is 396 g/mol. The van der Waals surface area contributed by atoms with Crippen molar-refractivity contribution < 1.29 is 14.3 Å². The summed E-state index contributed by atoms with van der Waals surface area (Å²) in [5.41, 5.74) is 2.10. The van der Waals surface area contributed by atoms with E-state index in [2.05, 4.69) is 26.2 Å². The fourth-order valence-corrected chi connectivity index (χ4v) is 2.65. The van der Waals surface area contributed by atoms with Crippen molar-refractivity contribution in [1.82, 2.24) is 4.98 Å². The summed E-state index contributed by atoms with van der Waals surface area (Å²) in [5, 5.41) is 3.68. The molecule has 26 heavy (non-hydrogen) atoms. The van der Waals surface area contributed by atoms with Gasteiger partial charge in [0.1, 0.15) is 0 Å². The third-order valence-corrected chi connectivity index (χ3v) is 4.20. The summed E-state index contributed by atoms with van der Waals surface area (Å²) in [7, 11) is 0. The number of amides is 1. The zero-order valence-electron chi connectivity index (χ0n) is 13.7. The lowest BCUT2D eigenvalue weighted by Gasteiger charge is -2.06. The van der Waals surface area contributed by atoms with Gasteiger partial charge in [-0.15, -0.1) is 0 Å². The van der Waals surface area contributed by atoms with Crippen LogP contribution in [0.1, 0.15) is 5.69 Å². The number of esters is 1. The monoisotopic (exact) mass is 410 g/mol. The average molecular weight is 411 g/mol. The van der Waals surface area contributed by atoms with Crippen molar-refractivity contribution in [2.75, 3.05) is 11.9 Å². The van der Waals surface area contributed by atoms with E-state index >= 15 is 0 Å². The molecule has 0 spiro atoms. The first-order valence-corrected chi connectivity index (χ1v) is 8.66. The molecule has 5 nitrogen and oxygen atoms in total. The number of nitrogens with zero attached hydrogens (tertiary/aromatic N) is 1. The second-order valence-corrected chi connectivity index (χ2v) is 6.25. The van der Waals surface area contributed by atoms with Gasteiger partial charge in [-0.05, 0) is 46.3 Å². The Morgan fingerprint density at radius 3 is 2.65 bits per heavy atom. The van der Waals surface area contributed by atoms with E-state index in [0.29, 0.717) is 11.4 Å². The molecule has 0 radical (unpaired) electrons. The summed E-state index contributed by atoms with van der Waals surface area (Å²) in [6, 6.07) is 18.6. The maximum absolute atomic E-state index is 11.8. The van der Waals surface area contributed by atoms with Crippen LogP contribution >= 0.6 is 15.9 Å². The van der Waals surface area contributed by atoms with E-state index in [1.54, 1.807) is 24.3 Å². The van der Waals surface area contributed by atoms with Crippen molar-refractivity contribution in [1.29, 1.82) is 0 Å². The molecule has 0 aliphatic heterocycles. The highest BCUT2D eigenvalue weighted by atomic mass is 79.9. The maximum atomic E-state index is 11.8. The van der Waals surface area contributed by atoms with Gasteiger partial charge in [-0.3, -0.25) is 4.79 Å². The maximum Gasteiger partial charge on any atom is 0.331 e. The van der Waals surface area contributed by atoms with Crippen LogP contribution in [0.2, 0.25) is 0 Å². The average Bonchev–Trinajstić information content (AvgIpc) is 2.66. The van der Waals surface area contributed by atoms with Gasteiger partial charge in [-0.1, -0.05) is 36.4 Å². The van der Waals surface area contributed by atoms with Crippen LogP contribution in [-0.4, -0.2) is 23.5 Å². The number of fused-ring (bicyclic) bond motifs is 1. The Hall–Kier alpha value is -2.99. The minimum absolute atomic E-state index is 0.365. The third-order valence-electron chi connectivity index (χ3n) is 3.50. The molecule has 0 unspecified atom stereocenters. The highest BCUT2D eigenvalue weighted by molar-refractivity contribution is 9.10. The smallest absolute Gasteiger partial charge is 0.331 e. The van der Waals surface area contributed by atoms with Crippen molar-refractivity contribution >= 4 is 50.5 Å².